The van der Waals surface area contributed by atoms with Crippen molar-refractivity contribution in [3.63, 3.8) is 0 Å². The second-order valence-electron chi connectivity index (χ2n) is 4.63. The van der Waals surface area contributed by atoms with E-state index in [0.29, 0.717) is 0 Å². The number of hydrogen-bond acceptors (Lipinski definition) is 3. The van der Waals surface area contributed by atoms with Crippen LogP contribution in [0.5, 0.6) is 0 Å². The monoisotopic (exact) mass is 361 g/mol. The third-order valence-corrected chi connectivity index (χ3v) is 4.16. The quantitative estimate of drug-likeness (QED) is 0.684. The van der Waals surface area contributed by atoms with E-state index < -0.39 is 0 Å². The van der Waals surface area contributed by atoms with E-state index in [2.05, 4.69) is 37.3 Å². The summed E-state index contributed by atoms with van der Waals surface area (Å²) in [4.78, 5) is 8.51. The van der Waals surface area contributed by atoms with Gasteiger partial charge in [-0.05, 0) is 41.8 Å². The lowest BCUT2D eigenvalue weighted by molar-refractivity contribution is 1.00. The Morgan fingerprint density at radius 1 is 1.00 bits per heavy atom. The van der Waals surface area contributed by atoms with Crippen LogP contribution in [0.3, 0.4) is 0 Å². The van der Waals surface area contributed by atoms with Gasteiger partial charge < -0.3 is 5.32 Å². The molecule has 0 atom stereocenters. The minimum absolute atomic E-state index is 0.261. The van der Waals surface area contributed by atoms with Gasteiger partial charge in [-0.15, -0.1) is 0 Å². The maximum Gasteiger partial charge on any atom is 0.224 e. The Morgan fingerprint density at radius 3 is 2.62 bits per heavy atom. The molecule has 0 fully saturated rings. The summed E-state index contributed by atoms with van der Waals surface area (Å²) in [6.07, 6.45) is 0.900. The van der Waals surface area contributed by atoms with Gasteiger partial charge in [-0.25, -0.2) is 9.97 Å². The third kappa shape index (κ3) is 3.34. The molecule has 2 aromatic carbocycles. The first kappa shape index (κ1) is 14.3. The Bertz CT molecular complexity index is 776. The number of rotatable bonds is 4. The molecule has 5 heteroatoms. The van der Waals surface area contributed by atoms with Crippen molar-refractivity contribution < 1.29 is 0 Å². The lowest BCUT2D eigenvalue weighted by atomic mass is 10.1. The summed E-state index contributed by atoms with van der Waals surface area (Å²) in [6.45, 7) is 0.778. The molecule has 21 heavy (non-hydrogen) atoms. The summed E-state index contributed by atoms with van der Waals surface area (Å²) in [6, 6.07) is 16.0. The van der Waals surface area contributed by atoms with Crippen molar-refractivity contribution in [1.82, 2.24) is 9.97 Å². The van der Waals surface area contributed by atoms with Crippen LogP contribution < -0.4 is 5.32 Å². The van der Waals surface area contributed by atoms with Crippen molar-refractivity contribution in [1.29, 1.82) is 0 Å². The standard InChI is InChI=1S/C16H13BrClN3/c17-13-7-3-1-5-11(13)9-10-19-15-12-6-2-4-8-14(12)20-16(18)21-15/h1-8H,9-10H2,(H,19,20,21). The average molecular weight is 363 g/mol. The van der Waals surface area contributed by atoms with Gasteiger partial charge >= 0.3 is 0 Å². The molecule has 1 N–H and O–H groups in total. The second kappa shape index (κ2) is 6.41. The Labute approximate surface area is 136 Å². The third-order valence-electron chi connectivity index (χ3n) is 3.22. The summed E-state index contributed by atoms with van der Waals surface area (Å²) in [7, 11) is 0. The van der Waals surface area contributed by atoms with Crippen molar-refractivity contribution in [3.8, 4) is 0 Å². The van der Waals surface area contributed by atoms with Gasteiger partial charge in [0.1, 0.15) is 5.82 Å². The minimum atomic E-state index is 0.261. The summed E-state index contributed by atoms with van der Waals surface area (Å²) < 4.78 is 1.12. The van der Waals surface area contributed by atoms with Crippen LogP contribution in [0.4, 0.5) is 5.82 Å². The van der Waals surface area contributed by atoms with E-state index in [1.54, 1.807) is 0 Å². The molecule has 0 radical (unpaired) electrons. The van der Waals surface area contributed by atoms with Gasteiger partial charge in [0.25, 0.3) is 0 Å². The van der Waals surface area contributed by atoms with Crippen molar-refractivity contribution in [2.75, 3.05) is 11.9 Å². The fourth-order valence-corrected chi connectivity index (χ4v) is 2.86. The van der Waals surface area contributed by atoms with Gasteiger partial charge in [-0.2, -0.15) is 0 Å². The summed E-state index contributed by atoms with van der Waals surface area (Å²) in [5, 5.41) is 4.59. The predicted molar refractivity (Wildman–Crippen MR) is 90.9 cm³/mol. The van der Waals surface area contributed by atoms with Gasteiger partial charge in [0, 0.05) is 16.4 Å². The Hall–Kier alpha value is -1.65. The highest BCUT2D eigenvalue weighted by molar-refractivity contribution is 9.10. The minimum Gasteiger partial charge on any atom is -0.369 e. The molecule has 3 rings (SSSR count). The summed E-state index contributed by atoms with van der Waals surface area (Å²) >= 11 is 9.53. The number of nitrogens with zero attached hydrogens (tertiary/aromatic N) is 2. The van der Waals surface area contributed by atoms with Crippen LogP contribution in [0.2, 0.25) is 5.28 Å². The van der Waals surface area contributed by atoms with Gasteiger partial charge in [0.2, 0.25) is 5.28 Å². The molecule has 0 aliphatic carbocycles. The van der Waals surface area contributed by atoms with Crippen LogP contribution in [0, 0.1) is 0 Å². The molecule has 0 aliphatic heterocycles. The molecule has 106 valence electrons. The van der Waals surface area contributed by atoms with E-state index in [-0.39, 0.29) is 5.28 Å². The zero-order valence-corrected chi connectivity index (χ0v) is 13.5. The maximum absolute atomic E-state index is 5.98. The highest BCUT2D eigenvalue weighted by atomic mass is 79.9. The van der Waals surface area contributed by atoms with Crippen LogP contribution in [0.15, 0.2) is 53.0 Å². The molecule has 0 amide bonds. The molecule has 0 bridgehead atoms. The number of aromatic nitrogens is 2. The molecule has 0 saturated carbocycles. The second-order valence-corrected chi connectivity index (χ2v) is 5.82. The van der Waals surface area contributed by atoms with Crippen molar-refractivity contribution in [2.45, 2.75) is 6.42 Å². The number of hydrogen-bond donors (Lipinski definition) is 1. The molecule has 3 nitrogen and oxygen atoms in total. The number of fused-ring (bicyclic) bond motifs is 1. The van der Waals surface area contributed by atoms with Crippen LogP contribution in [0.1, 0.15) is 5.56 Å². The topological polar surface area (TPSA) is 37.8 Å². The van der Waals surface area contributed by atoms with E-state index in [0.717, 1.165) is 34.2 Å². The predicted octanol–water partition coefficient (Wildman–Crippen LogP) is 4.70. The number of para-hydroxylation sites is 1. The van der Waals surface area contributed by atoms with E-state index >= 15 is 0 Å². The van der Waals surface area contributed by atoms with Gasteiger partial charge in [-0.1, -0.05) is 46.3 Å². The van der Waals surface area contributed by atoms with Gasteiger partial charge in [0.05, 0.1) is 5.52 Å². The first-order valence-electron chi connectivity index (χ1n) is 6.63. The van der Waals surface area contributed by atoms with Crippen molar-refractivity contribution in [2.24, 2.45) is 0 Å². The van der Waals surface area contributed by atoms with Crippen LogP contribution in [-0.4, -0.2) is 16.5 Å². The fourth-order valence-electron chi connectivity index (χ4n) is 2.20. The Morgan fingerprint density at radius 2 is 1.76 bits per heavy atom. The number of halogens is 2. The van der Waals surface area contributed by atoms with E-state index in [4.69, 9.17) is 11.6 Å². The van der Waals surface area contributed by atoms with Gasteiger partial charge in [0.15, 0.2) is 0 Å². The van der Waals surface area contributed by atoms with Crippen LogP contribution in [-0.2, 0) is 6.42 Å². The molecule has 1 aromatic heterocycles. The lowest BCUT2D eigenvalue weighted by Gasteiger charge is -2.09. The Kier molecular flexibility index (Phi) is 4.36. The normalized spacial score (nSPS) is 10.8. The van der Waals surface area contributed by atoms with Crippen molar-refractivity contribution >= 4 is 44.3 Å². The molecule has 0 spiro atoms. The van der Waals surface area contributed by atoms with Crippen LogP contribution >= 0.6 is 27.5 Å². The van der Waals surface area contributed by atoms with Crippen molar-refractivity contribution in [3.05, 3.63) is 63.9 Å². The Balaban J connectivity index is 1.78. The zero-order valence-electron chi connectivity index (χ0n) is 11.2. The molecule has 1 heterocycles. The van der Waals surface area contributed by atoms with E-state index in [1.807, 2.05) is 42.5 Å². The molecule has 0 unspecified atom stereocenters. The zero-order chi connectivity index (χ0) is 14.7. The van der Waals surface area contributed by atoms with E-state index in [9.17, 15) is 0 Å². The highest BCUT2D eigenvalue weighted by Gasteiger charge is 2.06. The molecule has 0 aliphatic rings. The smallest absolute Gasteiger partial charge is 0.224 e. The largest absolute Gasteiger partial charge is 0.369 e. The molecule has 0 saturated heterocycles. The molecular weight excluding hydrogens is 350 g/mol. The lowest BCUT2D eigenvalue weighted by Crippen LogP contribution is -2.07. The highest BCUT2D eigenvalue weighted by Crippen LogP contribution is 2.22. The first-order valence-corrected chi connectivity index (χ1v) is 7.81. The molecule has 3 aromatic rings. The maximum atomic E-state index is 5.98. The number of benzene rings is 2. The van der Waals surface area contributed by atoms with Crippen LogP contribution in [0.25, 0.3) is 10.9 Å². The first-order chi connectivity index (χ1) is 10.2. The summed E-state index contributed by atoms with van der Waals surface area (Å²) in [5.74, 6) is 0.776. The van der Waals surface area contributed by atoms with Gasteiger partial charge in [-0.3, -0.25) is 0 Å². The average Bonchev–Trinajstić information content (AvgIpc) is 2.49. The summed E-state index contributed by atoms with van der Waals surface area (Å²) in [5.41, 5.74) is 2.11. The number of nitrogens with one attached hydrogen (secondary N) is 1. The fraction of sp³-hybridized carbons (Fsp3) is 0.125. The van der Waals surface area contributed by atoms with E-state index in [1.165, 1.54) is 5.56 Å². The number of anilines is 1. The molecular formula is C16H13BrClN3. The SMILES string of the molecule is Clc1nc(NCCc2ccccc2Br)c2ccccc2n1.